The fourth-order valence-electron chi connectivity index (χ4n) is 2.96. The zero-order chi connectivity index (χ0) is 16.2. The Kier molecular flexibility index (Phi) is 4.82. The van der Waals surface area contributed by atoms with Gasteiger partial charge in [-0.1, -0.05) is 25.1 Å². The minimum atomic E-state index is 0.561. The Hall–Kier alpha value is -2.07. The highest BCUT2D eigenvalue weighted by Gasteiger charge is 2.16. The van der Waals surface area contributed by atoms with Gasteiger partial charge in [0.05, 0.1) is 7.11 Å². The summed E-state index contributed by atoms with van der Waals surface area (Å²) in [6.07, 6.45) is 5.28. The van der Waals surface area contributed by atoms with Crippen LogP contribution in [-0.4, -0.2) is 37.1 Å². The lowest BCUT2D eigenvalue weighted by Gasteiger charge is -2.13. The molecule has 3 aromatic rings. The highest BCUT2D eigenvalue weighted by atomic mass is 16.5. The van der Waals surface area contributed by atoms with Crippen molar-refractivity contribution in [1.82, 2.24) is 9.88 Å². The average Bonchev–Trinajstić information content (AvgIpc) is 2.98. The third-order valence-corrected chi connectivity index (χ3v) is 4.42. The number of hydrogen-bond acceptors (Lipinski definition) is 4. The third-order valence-electron chi connectivity index (χ3n) is 4.42. The van der Waals surface area contributed by atoms with Crippen LogP contribution in [0.1, 0.15) is 25.3 Å². The molecule has 0 saturated heterocycles. The van der Waals surface area contributed by atoms with Gasteiger partial charge in [-0.15, -0.1) is 0 Å². The molecule has 0 bridgehead atoms. The number of aromatic nitrogens is 1. The molecule has 0 aliphatic carbocycles. The summed E-state index contributed by atoms with van der Waals surface area (Å²) >= 11 is 0. The molecule has 0 atom stereocenters. The zero-order valence-electron chi connectivity index (χ0n) is 14.1. The van der Waals surface area contributed by atoms with Gasteiger partial charge in [0.15, 0.2) is 5.58 Å². The van der Waals surface area contributed by atoms with E-state index in [9.17, 15) is 0 Å². The van der Waals surface area contributed by atoms with E-state index in [-0.39, 0.29) is 0 Å². The van der Waals surface area contributed by atoms with Gasteiger partial charge in [-0.2, -0.15) is 0 Å². The maximum Gasteiger partial charge on any atom is 0.258 e. The largest absolute Gasteiger partial charge is 0.478 e. The molecular weight excluding hydrogens is 288 g/mol. The second kappa shape index (κ2) is 7.01. The van der Waals surface area contributed by atoms with Gasteiger partial charge >= 0.3 is 0 Å². The molecule has 0 radical (unpaired) electrons. The molecule has 0 aliphatic heterocycles. The summed E-state index contributed by atoms with van der Waals surface area (Å²) in [6.45, 7) is 4.42. The van der Waals surface area contributed by atoms with E-state index in [2.05, 4.69) is 29.9 Å². The SMILES string of the molecule is CCN(C)CCCCc1cnc(OC)c2oc3ccccc3c12. The fraction of sp³-hybridized carbons (Fsp3) is 0.421. The standard InChI is InChI=1S/C19H24N2O2/c1-4-21(2)12-8-7-9-14-13-20-19(22-3)18-17(14)15-10-5-6-11-16(15)23-18/h5-6,10-11,13H,4,7-9,12H2,1-3H3. The van der Waals surface area contributed by atoms with Crippen molar-refractivity contribution in [1.29, 1.82) is 0 Å². The molecule has 23 heavy (non-hydrogen) atoms. The van der Waals surface area contributed by atoms with E-state index < -0.39 is 0 Å². The van der Waals surface area contributed by atoms with Crippen molar-refractivity contribution in [2.75, 3.05) is 27.2 Å². The predicted octanol–water partition coefficient (Wildman–Crippen LogP) is 4.26. The molecule has 4 nitrogen and oxygen atoms in total. The van der Waals surface area contributed by atoms with Gasteiger partial charge in [-0.25, -0.2) is 4.98 Å². The quantitative estimate of drug-likeness (QED) is 0.611. The fourth-order valence-corrected chi connectivity index (χ4v) is 2.96. The van der Waals surface area contributed by atoms with Crippen LogP contribution in [0.25, 0.3) is 21.9 Å². The van der Waals surface area contributed by atoms with Crippen molar-refractivity contribution in [3.63, 3.8) is 0 Å². The lowest BCUT2D eigenvalue weighted by molar-refractivity contribution is 0.343. The smallest absolute Gasteiger partial charge is 0.258 e. The van der Waals surface area contributed by atoms with Crippen molar-refractivity contribution >= 4 is 21.9 Å². The molecule has 0 spiro atoms. The Morgan fingerprint density at radius 1 is 1.22 bits per heavy atom. The maximum absolute atomic E-state index is 5.98. The molecule has 0 N–H and O–H groups in total. The van der Waals surface area contributed by atoms with E-state index in [1.54, 1.807) is 7.11 Å². The molecule has 1 aromatic carbocycles. The van der Waals surface area contributed by atoms with Gasteiger partial charge in [-0.3, -0.25) is 0 Å². The maximum atomic E-state index is 5.98. The van der Waals surface area contributed by atoms with Crippen LogP contribution in [0, 0.1) is 0 Å². The van der Waals surface area contributed by atoms with Crippen LogP contribution in [0.15, 0.2) is 34.9 Å². The predicted molar refractivity (Wildman–Crippen MR) is 94.2 cm³/mol. The Labute approximate surface area is 137 Å². The van der Waals surface area contributed by atoms with Crippen molar-refractivity contribution in [3.8, 4) is 5.88 Å². The van der Waals surface area contributed by atoms with E-state index in [0.29, 0.717) is 5.88 Å². The van der Waals surface area contributed by atoms with Crippen LogP contribution in [0.4, 0.5) is 0 Å². The number of furan rings is 1. The number of unbranched alkanes of at least 4 members (excludes halogenated alkanes) is 1. The van der Waals surface area contributed by atoms with Gasteiger partial charge in [0.25, 0.3) is 5.88 Å². The van der Waals surface area contributed by atoms with Crippen LogP contribution >= 0.6 is 0 Å². The topological polar surface area (TPSA) is 38.5 Å². The first kappa shape index (κ1) is 15.8. The normalized spacial score (nSPS) is 11.7. The van der Waals surface area contributed by atoms with Crippen molar-refractivity contribution in [2.45, 2.75) is 26.2 Å². The van der Waals surface area contributed by atoms with Gasteiger partial charge in [0.1, 0.15) is 5.58 Å². The minimum Gasteiger partial charge on any atom is -0.478 e. The van der Waals surface area contributed by atoms with Gasteiger partial charge in [0, 0.05) is 17.0 Å². The molecule has 122 valence electrons. The second-order valence-corrected chi connectivity index (χ2v) is 5.95. The van der Waals surface area contributed by atoms with Crippen molar-refractivity contribution < 1.29 is 9.15 Å². The summed E-state index contributed by atoms with van der Waals surface area (Å²) in [7, 11) is 3.80. The molecular formula is C19H24N2O2. The highest BCUT2D eigenvalue weighted by Crippen LogP contribution is 2.35. The summed E-state index contributed by atoms with van der Waals surface area (Å²) in [5.74, 6) is 0.561. The first-order valence-corrected chi connectivity index (χ1v) is 8.26. The van der Waals surface area contributed by atoms with Crippen LogP contribution < -0.4 is 4.74 Å². The lowest BCUT2D eigenvalue weighted by Crippen LogP contribution is -2.18. The van der Waals surface area contributed by atoms with E-state index >= 15 is 0 Å². The van der Waals surface area contributed by atoms with Crippen molar-refractivity contribution in [3.05, 3.63) is 36.0 Å². The Bertz CT molecular complexity index is 795. The summed E-state index contributed by atoms with van der Waals surface area (Å²) in [6, 6.07) is 8.14. The highest BCUT2D eigenvalue weighted by molar-refractivity contribution is 6.08. The number of rotatable bonds is 7. The summed E-state index contributed by atoms with van der Waals surface area (Å²) in [5, 5.41) is 2.29. The first-order valence-electron chi connectivity index (χ1n) is 8.26. The zero-order valence-corrected chi connectivity index (χ0v) is 14.1. The van der Waals surface area contributed by atoms with Gasteiger partial charge in [-0.05, 0) is 51.0 Å². The number of para-hydroxylation sites is 1. The summed E-state index contributed by atoms with van der Waals surface area (Å²) in [5.41, 5.74) is 2.89. The minimum absolute atomic E-state index is 0.561. The van der Waals surface area contributed by atoms with Gasteiger partial charge in [0.2, 0.25) is 0 Å². The third kappa shape index (κ3) is 3.17. The Morgan fingerprint density at radius 2 is 2.04 bits per heavy atom. The molecule has 4 heteroatoms. The molecule has 0 saturated carbocycles. The van der Waals surface area contributed by atoms with Gasteiger partial charge < -0.3 is 14.1 Å². The number of benzene rings is 1. The summed E-state index contributed by atoms with van der Waals surface area (Å²) in [4.78, 5) is 6.77. The molecule has 2 aromatic heterocycles. The number of ether oxygens (including phenoxy) is 1. The number of pyridine rings is 1. The Morgan fingerprint density at radius 3 is 2.83 bits per heavy atom. The second-order valence-electron chi connectivity index (χ2n) is 5.95. The number of methoxy groups -OCH3 is 1. The molecule has 0 aliphatic rings. The van der Waals surface area contributed by atoms with E-state index in [4.69, 9.17) is 9.15 Å². The first-order chi connectivity index (χ1) is 11.2. The number of nitrogens with zero attached hydrogens (tertiary/aromatic N) is 2. The van der Waals surface area contributed by atoms with Crippen LogP contribution in [0.2, 0.25) is 0 Å². The molecule has 0 amide bonds. The Balaban J connectivity index is 1.91. The number of fused-ring (bicyclic) bond motifs is 3. The monoisotopic (exact) mass is 312 g/mol. The van der Waals surface area contributed by atoms with Crippen molar-refractivity contribution in [2.24, 2.45) is 0 Å². The molecule has 0 unspecified atom stereocenters. The van der Waals surface area contributed by atoms with E-state index in [1.807, 2.05) is 24.4 Å². The number of hydrogen-bond donors (Lipinski definition) is 0. The average molecular weight is 312 g/mol. The molecule has 2 heterocycles. The van der Waals surface area contributed by atoms with Crippen LogP contribution in [-0.2, 0) is 6.42 Å². The van der Waals surface area contributed by atoms with Crippen LogP contribution in [0.5, 0.6) is 5.88 Å². The van der Waals surface area contributed by atoms with E-state index in [0.717, 1.165) is 47.9 Å². The number of aryl methyl sites for hydroxylation is 1. The molecule has 0 fully saturated rings. The lowest BCUT2D eigenvalue weighted by atomic mass is 10.0. The van der Waals surface area contributed by atoms with Crippen LogP contribution in [0.3, 0.4) is 0 Å². The molecule has 3 rings (SSSR count). The summed E-state index contributed by atoms with van der Waals surface area (Å²) < 4.78 is 11.4. The van der Waals surface area contributed by atoms with E-state index in [1.165, 1.54) is 12.0 Å².